The Bertz CT molecular complexity index is 512. The predicted molar refractivity (Wildman–Crippen MR) is 90.6 cm³/mol. The van der Waals surface area contributed by atoms with Crippen molar-refractivity contribution in [3.63, 3.8) is 0 Å². The fourth-order valence-corrected chi connectivity index (χ4v) is 2.27. The lowest BCUT2D eigenvalue weighted by atomic mass is 9.95. The van der Waals surface area contributed by atoms with Crippen molar-refractivity contribution in [1.82, 2.24) is 5.32 Å². The summed E-state index contributed by atoms with van der Waals surface area (Å²) in [5.41, 5.74) is 6.05. The molecular formula is C18H28N2. The first-order valence-corrected chi connectivity index (χ1v) is 7.49. The van der Waals surface area contributed by atoms with E-state index in [0.717, 1.165) is 24.4 Å². The number of nitrogens with one attached hydrogen (secondary N) is 1. The lowest BCUT2D eigenvalue weighted by Gasteiger charge is -2.19. The summed E-state index contributed by atoms with van der Waals surface area (Å²) in [6.45, 7) is 17.6. The van der Waals surface area contributed by atoms with Gasteiger partial charge >= 0.3 is 0 Å². The smallest absolute Gasteiger partial charge is 0.128 e. The lowest BCUT2D eigenvalue weighted by Crippen LogP contribution is -2.33. The van der Waals surface area contributed by atoms with E-state index in [4.69, 9.17) is 0 Å². The Hall–Kier alpha value is -1.57. The summed E-state index contributed by atoms with van der Waals surface area (Å²) in [7, 11) is 0. The van der Waals surface area contributed by atoms with Crippen LogP contribution in [-0.2, 0) is 0 Å². The Morgan fingerprint density at radius 1 is 1.20 bits per heavy atom. The number of amidine groups is 1. The molecule has 0 aliphatic rings. The van der Waals surface area contributed by atoms with E-state index in [0.29, 0.717) is 6.04 Å². The number of hydrogen-bond acceptors (Lipinski definition) is 1. The van der Waals surface area contributed by atoms with Gasteiger partial charge in [0.05, 0.1) is 0 Å². The van der Waals surface area contributed by atoms with Crippen molar-refractivity contribution < 1.29 is 0 Å². The van der Waals surface area contributed by atoms with Crippen molar-refractivity contribution in [3.05, 3.63) is 41.0 Å². The van der Waals surface area contributed by atoms with Crippen LogP contribution in [0.2, 0.25) is 0 Å². The SMILES string of the molecule is C=C(C)c1cc(C(=NCC)NC(C)CC)c(C)cc1C. The molecule has 20 heavy (non-hydrogen) atoms. The Labute approximate surface area is 124 Å². The van der Waals surface area contributed by atoms with Crippen LogP contribution in [0.25, 0.3) is 5.57 Å². The minimum Gasteiger partial charge on any atom is -0.367 e. The molecule has 1 rings (SSSR count). The molecule has 0 saturated heterocycles. The third kappa shape index (κ3) is 3.96. The van der Waals surface area contributed by atoms with Gasteiger partial charge in [0, 0.05) is 18.2 Å². The van der Waals surface area contributed by atoms with E-state index < -0.39 is 0 Å². The van der Waals surface area contributed by atoms with Crippen LogP contribution in [0.15, 0.2) is 23.7 Å². The number of hydrogen-bond donors (Lipinski definition) is 1. The van der Waals surface area contributed by atoms with Gasteiger partial charge in [-0.25, -0.2) is 0 Å². The fourth-order valence-electron chi connectivity index (χ4n) is 2.27. The van der Waals surface area contributed by atoms with Gasteiger partial charge in [0.1, 0.15) is 5.84 Å². The molecule has 0 aliphatic heterocycles. The first-order chi connectivity index (χ1) is 9.40. The Morgan fingerprint density at radius 2 is 1.80 bits per heavy atom. The monoisotopic (exact) mass is 272 g/mol. The summed E-state index contributed by atoms with van der Waals surface area (Å²) in [6, 6.07) is 4.87. The molecule has 0 fully saturated rings. The van der Waals surface area contributed by atoms with Gasteiger partial charge in [0.25, 0.3) is 0 Å². The molecule has 1 atom stereocenters. The first-order valence-electron chi connectivity index (χ1n) is 7.49. The largest absolute Gasteiger partial charge is 0.367 e. The summed E-state index contributed by atoms with van der Waals surface area (Å²) in [4.78, 5) is 4.65. The van der Waals surface area contributed by atoms with Crippen molar-refractivity contribution in [3.8, 4) is 0 Å². The zero-order valence-electron chi connectivity index (χ0n) is 13.8. The van der Waals surface area contributed by atoms with Crippen LogP contribution >= 0.6 is 0 Å². The second kappa shape index (κ2) is 7.28. The van der Waals surface area contributed by atoms with Gasteiger partial charge in [0.15, 0.2) is 0 Å². The maximum atomic E-state index is 4.65. The van der Waals surface area contributed by atoms with E-state index >= 15 is 0 Å². The van der Waals surface area contributed by atoms with E-state index in [1.165, 1.54) is 22.3 Å². The normalized spacial score (nSPS) is 13.2. The number of aryl methyl sites for hydroxylation is 2. The topological polar surface area (TPSA) is 24.4 Å². The molecule has 1 aromatic carbocycles. The molecule has 1 unspecified atom stereocenters. The average molecular weight is 272 g/mol. The Balaban J connectivity index is 3.30. The standard InChI is InChI=1S/C18H28N2/c1-8-15(7)20-18(19-9-2)17-11-16(12(3)4)13(5)10-14(17)6/h10-11,15H,3,8-9H2,1-2,4-7H3,(H,19,20). The van der Waals surface area contributed by atoms with Gasteiger partial charge in [-0.3, -0.25) is 4.99 Å². The molecule has 1 aromatic rings. The van der Waals surface area contributed by atoms with Crippen LogP contribution in [-0.4, -0.2) is 18.4 Å². The molecule has 2 nitrogen and oxygen atoms in total. The minimum atomic E-state index is 0.425. The summed E-state index contributed by atoms with van der Waals surface area (Å²) in [5.74, 6) is 1.00. The third-order valence-electron chi connectivity index (χ3n) is 3.60. The van der Waals surface area contributed by atoms with Crippen molar-refractivity contribution >= 4 is 11.4 Å². The lowest BCUT2D eigenvalue weighted by molar-refractivity contribution is 0.640. The van der Waals surface area contributed by atoms with Gasteiger partial charge in [-0.15, -0.1) is 0 Å². The highest BCUT2D eigenvalue weighted by atomic mass is 15.0. The van der Waals surface area contributed by atoms with E-state index in [1.807, 2.05) is 0 Å². The van der Waals surface area contributed by atoms with Crippen LogP contribution in [0.3, 0.4) is 0 Å². The van der Waals surface area contributed by atoms with Crippen molar-refractivity contribution in [2.45, 2.75) is 54.0 Å². The second-order valence-corrected chi connectivity index (χ2v) is 5.54. The average Bonchev–Trinajstić information content (AvgIpc) is 2.37. The van der Waals surface area contributed by atoms with E-state index in [9.17, 15) is 0 Å². The number of allylic oxidation sites excluding steroid dienone is 1. The molecule has 2 heteroatoms. The Kier molecular flexibility index (Phi) is 6.00. The van der Waals surface area contributed by atoms with Crippen molar-refractivity contribution in [2.24, 2.45) is 4.99 Å². The third-order valence-corrected chi connectivity index (χ3v) is 3.60. The maximum absolute atomic E-state index is 4.65. The zero-order valence-corrected chi connectivity index (χ0v) is 13.8. The molecule has 0 amide bonds. The number of aliphatic imine (C=N–C) groups is 1. The minimum absolute atomic E-state index is 0.425. The van der Waals surface area contributed by atoms with Crippen molar-refractivity contribution in [2.75, 3.05) is 6.54 Å². The van der Waals surface area contributed by atoms with Crippen LogP contribution < -0.4 is 5.32 Å². The highest BCUT2D eigenvalue weighted by molar-refractivity contribution is 6.01. The first kappa shape index (κ1) is 16.5. The molecule has 0 radical (unpaired) electrons. The van der Waals surface area contributed by atoms with Gasteiger partial charge in [-0.05, 0) is 63.8 Å². The van der Waals surface area contributed by atoms with E-state index in [2.05, 4.69) is 70.6 Å². The van der Waals surface area contributed by atoms with Crippen LogP contribution in [0.4, 0.5) is 0 Å². The molecule has 1 N–H and O–H groups in total. The summed E-state index contributed by atoms with van der Waals surface area (Å²) < 4.78 is 0. The molecular weight excluding hydrogens is 244 g/mol. The van der Waals surface area contributed by atoms with Gasteiger partial charge in [0.2, 0.25) is 0 Å². The number of nitrogens with zero attached hydrogens (tertiary/aromatic N) is 1. The molecule has 0 aromatic heterocycles. The maximum Gasteiger partial charge on any atom is 0.128 e. The van der Waals surface area contributed by atoms with E-state index in [1.54, 1.807) is 0 Å². The summed E-state index contributed by atoms with van der Waals surface area (Å²) in [6.07, 6.45) is 1.08. The van der Waals surface area contributed by atoms with Crippen LogP contribution in [0.5, 0.6) is 0 Å². The van der Waals surface area contributed by atoms with Crippen molar-refractivity contribution in [1.29, 1.82) is 0 Å². The number of rotatable bonds is 5. The fraction of sp³-hybridized carbons (Fsp3) is 0.500. The number of benzene rings is 1. The quantitative estimate of drug-likeness (QED) is 0.620. The summed E-state index contributed by atoms with van der Waals surface area (Å²) >= 11 is 0. The molecule has 0 heterocycles. The molecule has 0 spiro atoms. The molecule has 110 valence electrons. The second-order valence-electron chi connectivity index (χ2n) is 5.54. The highest BCUT2D eigenvalue weighted by Gasteiger charge is 2.12. The Morgan fingerprint density at radius 3 is 2.30 bits per heavy atom. The van der Waals surface area contributed by atoms with Gasteiger partial charge in [-0.2, -0.15) is 0 Å². The highest BCUT2D eigenvalue weighted by Crippen LogP contribution is 2.22. The van der Waals surface area contributed by atoms with Gasteiger partial charge in [-0.1, -0.05) is 25.1 Å². The van der Waals surface area contributed by atoms with Gasteiger partial charge < -0.3 is 5.32 Å². The summed E-state index contributed by atoms with van der Waals surface area (Å²) in [5, 5.41) is 3.53. The molecule has 0 saturated carbocycles. The van der Waals surface area contributed by atoms with E-state index in [-0.39, 0.29) is 0 Å². The molecule has 0 bridgehead atoms. The van der Waals surface area contributed by atoms with Crippen LogP contribution in [0, 0.1) is 13.8 Å². The zero-order chi connectivity index (χ0) is 15.3. The predicted octanol–water partition coefficient (Wildman–Crippen LogP) is 4.49. The molecule has 0 aliphatic carbocycles. The van der Waals surface area contributed by atoms with Crippen LogP contribution in [0.1, 0.15) is 56.4 Å².